The Hall–Kier alpha value is -0.510. The molecule has 0 heterocycles. The Morgan fingerprint density at radius 3 is 1.17 bits per heavy atom. The van der Waals surface area contributed by atoms with Gasteiger partial charge in [-0.15, -0.1) is 0 Å². The molecule has 6 heteroatoms. The molecule has 0 saturated carbocycles. The topological polar surface area (TPSA) is 54.4 Å². The molecule has 0 atom stereocenters. The molecule has 0 aromatic carbocycles. The Morgan fingerprint density at radius 1 is 1.00 bits per heavy atom. The fraction of sp³-hybridized carbons (Fsp3) is 0. The van der Waals surface area contributed by atoms with E-state index in [2.05, 4.69) is 13.2 Å². The van der Waals surface area contributed by atoms with Gasteiger partial charge in [-0.05, 0) is 11.6 Å². The van der Waals surface area contributed by atoms with Crippen LogP contribution in [0.4, 0.5) is 0 Å². The predicted octanol–water partition coefficient (Wildman–Crippen LogP) is 2.33. The number of rotatable bonds is 2. The van der Waals surface area contributed by atoms with Crippen LogP contribution in [0.15, 0.2) is 23.2 Å². The summed E-state index contributed by atoms with van der Waals surface area (Å²) in [5.74, 6) is -1.17. The number of aliphatic carboxylic acids is 1. The molecule has 0 amide bonds. The van der Waals surface area contributed by atoms with Crippen LogP contribution in [0.25, 0.3) is 0 Å². The van der Waals surface area contributed by atoms with Crippen molar-refractivity contribution in [2.75, 3.05) is 0 Å². The second-order valence-corrected chi connectivity index (χ2v) is 2.64. The highest BCUT2D eigenvalue weighted by Gasteiger charge is 1.94. The van der Waals surface area contributed by atoms with Crippen LogP contribution < -0.4 is 0 Å². The van der Waals surface area contributed by atoms with Gasteiger partial charge in [0.2, 0.25) is 0 Å². The summed E-state index contributed by atoms with van der Waals surface area (Å²) in [6, 6.07) is 0. The fourth-order valence-electron chi connectivity index (χ4n) is 0. The Morgan fingerprint density at radius 2 is 1.17 bits per heavy atom. The molecule has 0 bridgehead atoms. The molecule has 0 rings (SSSR count). The van der Waals surface area contributed by atoms with Crippen molar-refractivity contribution < 1.29 is 14.7 Å². The van der Waals surface area contributed by atoms with Crippen LogP contribution in [0.2, 0.25) is 0 Å². The second-order valence-electron chi connectivity index (χ2n) is 1.39. The lowest BCUT2D eigenvalue weighted by Gasteiger charge is -1.76. The minimum atomic E-state index is -1.17. The van der Waals surface area contributed by atoms with Gasteiger partial charge in [-0.1, -0.05) is 36.4 Å². The number of hydrogen-bond donors (Lipinski definition) is 1. The zero-order chi connectivity index (χ0) is 10.3. The van der Waals surface area contributed by atoms with Crippen LogP contribution >= 0.6 is 34.8 Å². The van der Waals surface area contributed by atoms with Crippen molar-refractivity contribution in [3.05, 3.63) is 23.2 Å². The molecule has 0 aliphatic heterocycles. The molecule has 0 aromatic rings. The van der Waals surface area contributed by atoms with E-state index in [1.807, 2.05) is 0 Å². The molecule has 0 unspecified atom stereocenters. The van der Waals surface area contributed by atoms with Crippen molar-refractivity contribution in [1.82, 2.24) is 0 Å². The molecular formula is C6H5Cl3O3. The summed E-state index contributed by atoms with van der Waals surface area (Å²) < 4.78 is 0. The van der Waals surface area contributed by atoms with Gasteiger partial charge in [-0.25, -0.2) is 4.79 Å². The summed E-state index contributed by atoms with van der Waals surface area (Å²) in [7, 11) is 0. The van der Waals surface area contributed by atoms with Crippen LogP contribution in [0.3, 0.4) is 0 Å². The van der Waals surface area contributed by atoms with Gasteiger partial charge in [0.15, 0.2) is 0 Å². The van der Waals surface area contributed by atoms with Gasteiger partial charge in [0, 0.05) is 0 Å². The Kier molecular flexibility index (Phi) is 8.37. The second kappa shape index (κ2) is 7.16. The van der Waals surface area contributed by atoms with Crippen molar-refractivity contribution >= 4 is 46.0 Å². The van der Waals surface area contributed by atoms with Gasteiger partial charge in [-0.2, -0.15) is 0 Å². The number of carboxylic acids is 1. The maximum absolute atomic E-state index is 9.68. The van der Waals surface area contributed by atoms with Crippen molar-refractivity contribution in [1.29, 1.82) is 0 Å². The number of allylic oxidation sites excluding steroid dienone is 1. The Bertz CT molecular complexity index is 174. The third-order valence-electron chi connectivity index (χ3n) is 0.445. The standard InChI is InChI=1S/C3H2Cl2O.C3H3ClO2/c2*1-2(4)3(5)6/h1H2;1H2,(H,5,6). The molecular weight excluding hydrogens is 226 g/mol. The van der Waals surface area contributed by atoms with Crippen molar-refractivity contribution in [3.63, 3.8) is 0 Å². The van der Waals surface area contributed by atoms with E-state index in [4.69, 9.17) is 39.9 Å². The lowest BCUT2D eigenvalue weighted by Crippen LogP contribution is -1.89. The van der Waals surface area contributed by atoms with Gasteiger partial charge < -0.3 is 5.11 Å². The van der Waals surface area contributed by atoms with Crippen molar-refractivity contribution in [2.45, 2.75) is 0 Å². The summed E-state index contributed by atoms with van der Waals surface area (Å²) in [4.78, 5) is 19.1. The van der Waals surface area contributed by atoms with E-state index in [-0.39, 0.29) is 10.1 Å². The predicted molar refractivity (Wildman–Crippen MR) is 48.5 cm³/mol. The summed E-state index contributed by atoms with van der Waals surface area (Å²) in [5.41, 5.74) is 0. The quantitative estimate of drug-likeness (QED) is 0.586. The number of carbonyl (C=O) groups excluding carboxylic acids is 1. The van der Waals surface area contributed by atoms with Gasteiger partial charge in [0.05, 0.1) is 5.03 Å². The molecule has 1 N–H and O–H groups in total. The lowest BCUT2D eigenvalue weighted by molar-refractivity contribution is -0.131. The van der Waals surface area contributed by atoms with E-state index < -0.39 is 11.2 Å². The molecule has 0 radical (unpaired) electrons. The third-order valence-corrected chi connectivity index (χ3v) is 1.10. The average molecular weight is 231 g/mol. The van der Waals surface area contributed by atoms with Gasteiger partial charge >= 0.3 is 5.97 Å². The van der Waals surface area contributed by atoms with Crippen LogP contribution in [0.1, 0.15) is 0 Å². The molecule has 0 aromatic heterocycles. The summed E-state index contributed by atoms with van der Waals surface area (Å²) in [6.07, 6.45) is 0. The number of halogens is 3. The maximum atomic E-state index is 9.68. The van der Waals surface area contributed by atoms with Crippen LogP contribution in [0.5, 0.6) is 0 Å². The van der Waals surface area contributed by atoms with E-state index >= 15 is 0 Å². The van der Waals surface area contributed by atoms with Crippen LogP contribution in [0, 0.1) is 0 Å². The van der Waals surface area contributed by atoms with Gasteiger partial charge in [-0.3, -0.25) is 4.79 Å². The zero-order valence-electron chi connectivity index (χ0n) is 5.81. The minimum absolute atomic E-state index is 0.142. The molecule has 12 heavy (non-hydrogen) atoms. The summed E-state index contributed by atoms with van der Waals surface area (Å²) in [5, 5.41) is 6.57. The molecule has 0 spiro atoms. The van der Waals surface area contributed by atoms with E-state index in [0.717, 1.165) is 0 Å². The normalized spacial score (nSPS) is 7.58. The SMILES string of the molecule is C=C(Cl)C(=O)Cl.C=C(Cl)C(=O)O. The lowest BCUT2D eigenvalue weighted by atomic mass is 10.7. The van der Waals surface area contributed by atoms with E-state index in [0.29, 0.717) is 0 Å². The fourth-order valence-corrected chi connectivity index (χ4v) is 0. The Labute approximate surface area is 84.2 Å². The first-order valence-corrected chi connectivity index (χ1v) is 3.54. The van der Waals surface area contributed by atoms with E-state index in [9.17, 15) is 9.59 Å². The van der Waals surface area contributed by atoms with Gasteiger partial charge in [0.25, 0.3) is 5.24 Å². The van der Waals surface area contributed by atoms with Gasteiger partial charge in [0.1, 0.15) is 5.03 Å². The molecule has 0 aliphatic carbocycles. The van der Waals surface area contributed by atoms with E-state index in [1.54, 1.807) is 0 Å². The highest BCUT2D eigenvalue weighted by Crippen LogP contribution is 1.99. The number of hydrogen-bond acceptors (Lipinski definition) is 2. The highest BCUT2D eigenvalue weighted by molar-refractivity contribution is 6.74. The monoisotopic (exact) mass is 230 g/mol. The molecule has 3 nitrogen and oxygen atoms in total. The Balaban J connectivity index is 0. The average Bonchev–Trinajstić information content (AvgIpc) is 1.88. The highest BCUT2D eigenvalue weighted by atomic mass is 35.5. The van der Waals surface area contributed by atoms with Crippen LogP contribution in [-0.2, 0) is 9.59 Å². The smallest absolute Gasteiger partial charge is 0.346 e. The number of carboxylic acid groups (broad SMARTS) is 1. The first-order chi connectivity index (χ1) is 5.29. The van der Waals surface area contributed by atoms with Crippen LogP contribution in [-0.4, -0.2) is 16.3 Å². The summed E-state index contributed by atoms with van der Waals surface area (Å²) in [6.45, 7) is 5.96. The molecule has 0 saturated heterocycles. The summed E-state index contributed by atoms with van der Waals surface area (Å²) >= 11 is 14.5. The third kappa shape index (κ3) is 12.2. The number of carbonyl (C=O) groups is 2. The van der Waals surface area contributed by atoms with Crippen molar-refractivity contribution in [2.24, 2.45) is 0 Å². The van der Waals surface area contributed by atoms with Crippen molar-refractivity contribution in [3.8, 4) is 0 Å². The molecule has 0 fully saturated rings. The first kappa shape index (κ1) is 14.0. The van der Waals surface area contributed by atoms with E-state index in [1.165, 1.54) is 0 Å². The molecule has 0 aliphatic rings. The maximum Gasteiger partial charge on any atom is 0.346 e. The minimum Gasteiger partial charge on any atom is -0.477 e. The first-order valence-electron chi connectivity index (χ1n) is 2.41. The zero-order valence-corrected chi connectivity index (χ0v) is 8.08. The largest absolute Gasteiger partial charge is 0.477 e. The molecule has 68 valence electrons.